The number of anilines is 1. The standard InChI is InChI=1S/C14H12BrN3O3/c1-9-6-13(16-8-11(9)15)17-14(19)7-10-4-2-3-5-12(10)18(20)21/h2-6,8H,7H2,1H3,(H,16,17,19). The predicted octanol–water partition coefficient (Wildman–Crippen LogP) is 3.24. The maximum absolute atomic E-state index is 12.0. The van der Waals surface area contributed by atoms with Crippen molar-refractivity contribution in [1.29, 1.82) is 0 Å². The van der Waals surface area contributed by atoms with Crippen molar-refractivity contribution in [3.8, 4) is 0 Å². The van der Waals surface area contributed by atoms with E-state index in [9.17, 15) is 14.9 Å². The molecule has 0 atom stereocenters. The van der Waals surface area contributed by atoms with E-state index in [0.29, 0.717) is 11.4 Å². The first-order valence-corrected chi connectivity index (χ1v) is 6.91. The molecular formula is C14H12BrN3O3. The number of nitrogens with zero attached hydrogens (tertiary/aromatic N) is 2. The number of amides is 1. The lowest BCUT2D eigenvalue weighted by Gasteiger charge is -2.06. The molecule has 1 heterocycles. The number of pyridine rings is 1. The SMILES string of the molecule is Cc1cc(NC(=O)Cc2ccccc2[N+](=O)[O-])ncc1Br. The van der Waals surface area contributed by atoms with Crippen LogP contribution < -0.4 is 5.32 Å². The number of carbonyl (C=O) groups excluding carboxylic acids is 1. The summed E-state index contributed by atoms with van der Waals surface area (Å²) in [6.07, 6.45) is 1.52. The van der Waals surface area contributed by atoms with Crippen molar-refractivity contribution in [3.05, 3.63) is 62.2 Å². The van der Waals surface area contributed by atoms with Gasteiger partial charge < -0.3 is 5.32 Å². The van der Waals surface area contributed by atoms with E-state index in [2.05, 4.69) is 26.2 Å². The summed E-state index contributed by atoms with van der Waals surface area (Å²) in [6.45, 7) is 1.88. The van der Waals surface area contributed by atoms with E-state index in [1.54, 1.807) is 30.5 Å². The van der Waals surface area contributed by atoms with Gasteiger partial charge in [-0.05, 0) is 34.5 Å². The number of nitro groups is 1. The molecular weight excluding hydrogens is 338 g/mol. The number of hydrogen-bond acceptors (Lipinski definition) is 4. The number of halogens is 1. The van der Waals surface area contributed by atoms with Crippen LogP contribution in [-0.4, -0.2) is 15.8 Å². The zero-order valence-corrected chi connectivity index (χ0v) is 12.8. The monoisotopic (exact) mass is 349 g/mol. The lowest BCUT2D eigenvalue weighted by molar-refractivity contribution is -0.385. The lowest BCUT2D eigenvalue weighted by atomic mass is 10.1. The van der Waals surface area contributed by atoms with Gasteiger partial charge in [0.2, 0.25) is 5.91 Å². The fourth-order valence-electron chi connectivity index (χ4n) is 1.81. The van der Waals surface area contributed by atoms with E-state index in [0.717, 1.165) is 10.0 Å². The molecule has 0 spiro atoms. The molecule has 108 valence electrons. The fourth-order valence-corrected chi connectivity index (χ4v) is 2.02. The van der Waals surface area contributed by atoms with E-state index >= 15 is 0 Å². The first kappa shape index (κ1) is 15.1. The topological polar surface area (TPSA) is 85.1 Å². The number of aryl methyl sites for hydroxylation is 1. The number of benzene rings is 1. The Labute approximate surface area is 129 Å². The molecule has 0 fully saturated rings. The zero-order chi connectivity index (χ0) is 15.4. The average molecular weight is 350 g/mol. The molecule has 0 aliphatic carbocycles. The normalized spacial score (nSPS) is 10.2. The van der Waals surface area contributed by atoms with Gasteiger partial charge >= 0.3 is 0 Å². The molecule has 2 rings (SSSR count). The van der Waals surface area contributed by atoms with Crippen molar-refractivity contribution in [2.24, 2.45) is 0 Å². The molecule has 7 heteroatoms. The molecule has 1 amide bonds. The molecule has 21 heavy (non-hydrogen) atoms. The number of nitrogens with one attached hydrogen (secondary N) is 1. The van der Waals surface area contributed by atoms with Crippen LogP contribution in [0.15, 0.2) is 41.0 Å². The summed E-state index contributed by atoms with van der Waals surface area (Å²) >= 11 is 3.32. The molecule has 0 radical (unpaired) electrons. The Balaban J connectivity index is 2.12. The van der Waals surface area contributed by atoms with Crippen molar-refractivity contribution in [3.63, 3.8) is 0 Å². The maximum atomic E-state index is 12.0. The van der Waals surface area contributed by atoms with Gasteiger partial charge in [-0.25, -0.2) is 4.98 Å². The molecule has 1 N–H and O–H groups in total. The van der Waals surface area contributed by atoms with Crippen LogP contribution in [0.4, 0.5) is 11.5 Å². The van der Waals surface area contributed by atoms with Crippen LogP contribution in [0.1, 0.15) is 11.1 Å². The summed E-state index contributed by atoms with van der Waals surface area (Å²) in [5.74, 6) is 0.0674. The highest BCUT2D eigenvalue weighted by Crippen LogP contribution is 2.20. The highest BCUT2D eigenvalue weighted by molar-refractivity contribution is 9.10. The van der Waals surface area contributed by atoms with Gasteiger partial charge in [-0.2, -0.15) is 0 Å². The third kappa shape index (κ3) is 3.85. The largest absolute Gasteiger partial charge is 0.310 e. The number of rotatable bonds is 4. The van der Waals surface area contributed by atoms with Gasteiger partial charge in [-0.1, -0.05) is 18.2 Å². The van der Waals surface area contributed by atoms with Crippen LogP contribution in [0.5, 0.6) is 0 Å². The predicted molar refractivity (Wildman–Crippen MR) is 82.1 cm³/mol. The Morgan fingerprint density at radius 3 is 2.81 bits per heavy atom. The Morgan fingerprint density at radius 2 is 2.14 bits per heavy atom. The molecule has 1 aromatic carbocycles. The van der Waals surface area contributed by atoms with E-state index in [-0.39, 0.29) is 18.0 Å². The highest BCUT2D eigenvalue weighted by Gasteiger charge is 2.15. The van der Waals surface area contributed by atoms with Gasteiger partial charge in [0, 0.05) is 22.3 Å². The summed E-state index contributed by atoms with van der Waals surface area (Å²) in [5, 5.41) is 13.5. The number of aromatic nitrogens is 1. The van der Waals surface area contributed by atoms with Gasteiger partial charge in [0.25, 0.3) is 5.69 Å². The van der Waals surface area contributed by atoms with Crippen LogP contribution in [0.3, 0.4) is 0 Å². The maximum Gasteiger partial charge on any atom is 0.273 e. The summed E-state index contributed by atoms with van der Waals surface area (Å²) in [4.78, 5) is 26.4. The smallest absolute Gasteiger partial charge is 0.273 e. The summed E-state index contributed by atoms with van der Waals surface area (Å²) in [6, 6.07) is 7.90. The number of hydrogen-bond donors (Lipinski definition) is 1. The fraction of sp³-hybridized carbons (Fsp3) is 0.143. The van der Waals surface area contributed by atoms with E-state index in [4.69, 9.17) is 0 Å². The van der Waals surface area contributed by atoms with Crippen LogP contribution >= 0.6 is 15.9 Å². The minimum Gasteiger partial charge on any atom is -0.310 e. The molecule has 6 nitrogen and oxygen atoms in total. The minimum absolute atomic E-state index is 0.0624. The van der Waals surface area contributed by atoms with Crippen molar-refractivity contribution >= 4 is 33.3 Å². The van der Waals surface area contributed by atoms with Gasteiger partial charge in [0.1, 0.15) is 5.82 Å². The van der Waals surface area contributed by atoms with Crippen molar-refractivity contribution in [2.75, 3.05) is 5.32 Å². The second-order valence-corrected chi connectivity index (χ2v) is 5.28. The first-order valence-electron chi connectivity index (χ1n) is 6.11. The average Bonchev–Trinajstić information content (AvgIpc) is 2.43. The van der Waals surface area contributed by atoms with Crippen LogP contribution in [0.25, 0.3) is 0 Å². The lowest BCUT2D eigenvalue weighted by Crippen LogP contribution is -2.16. The van der Waals surface area contributed by atoms with Crippen LogP contribution in [-0.2, 0) is 11.2 Å². The van der Waals surface area contributed by atoms with Crippen molar-refractivity contribution in [2.45, 2.75) is 13.3 Å². The number of para-hydroxylation sites is 1. The summed E-state index contributed by atoms with van der Waals surface area (Å²) in [5.41, 5.74) is 1.24. The first-order chi connectivity index (χ1) is 9.97. The summed E-state index contributed by atoms with van der Waals surface area (Å²) in [7, 11) is 0. The second-order valence-electron chi connectivity index (χ2n) is 4.43. The molecule has 0 aliphatic rings. The van der Waals surface area contributed by atoms with Gasteiger partial charge in [0.15, 0.2) is 0 Å². The number of nitro benzene ring substituents is 1. The van der Waals surface area contributed by atoms with Gasteiger partial charge in [-0.3, -0.25) is 14.9 Å². The van der Waals surface area contributed by atoms with Crippen LogP contribution in [0.2, 0.25) is 0 Å². The van der Waals surface area contributed by atoms with Crippen LogP contribution in [0, 0.1) is 17.0 Å². The van der Waals surface area contributed by atoms with E-state index < -0.39 is 4.92 Å². The Bertz CT molecular complexity index is 704. The Kier molecular flexibility index (Phi) is 4.64. The second kappa shape index (κ2) is 6.45. The molecule has 0 bridgehead atoms. The molecule has 1 aromatic heterocycles. The minimum atomic E-state index is -0.495. The molecule has 0 aliphatic heterocycles. The van der Waals surface area contributed by atoms with Gasteiger partial charge in [0.05, 0.1) is 11.3 Å². The third-order valence-corrected chi connectivity index (χ3v) is 3.68. The third-order valence-electron chi connectivity index (χ3n) is 2.85. The van der Waals surface area contributed by atoms with E-state index in [1.807, 2.05) is 6.92 Å². The van der Waals surface area contributed by atoms with E-state index in [1.165, 1.54) is 6.07 Å². The molecule has 0 saturated heterocycles. The van der Waals surface area contributed by atoms with Gasteiger partial charge in [-0.15, -0.1) is 0 Å². The molecule has 2 aromatic rings. The molecule has 0 saturated carbocycles. The quantitative estimate of drug-likeness (QED) is 0.678. The highest BCUT2D eigenvalue weighted by atomic mass is 79.9. The van der Waals surface area contributed by atoms with Crippen molar-refractivity contribution in [1.82, 2.24) is 4.98 Å². The molecule has 0 unspecified atom stereocenters. The summed E-state index contributed by atoms with van der Waals surface area (Å²) < 4.78 is 0.846. The van der Waals surface area contributed by atoms with Crippen molar-refractivity contribution < 1.29 is 9.72 Å². The Hall–Kier alpha value is -2.28. The Morgan fingerprint density at radius 1 is 1.43 bits per heavy atom. The zero-order valence-electron chi connectivity index (χ0n) is 11.2. The number of carbonyl (C=O) groups is 1.